The monoisotopic (exact) mass is 258 g/mol. The normalized spacial score (nSPS) is 11.8. The number of hydrogen-bond donors (Lipinski definition) is 0. The van der Waals surface area contributed by atoms with Crippen molar-refractivity contribution in [2.75, 3.05) is 7.11 Å². The minimum absolute atomic E-state index is 0.0770. The highest BCUT2D eigenvalue weighted by Crippen LogP contribution is 2.34. The zero-order valence-corrected chi connectivity index (χ0v) is 9.59. The van der Waals surface area contributed by atoms with E-state index in [9.17, 15) is 18.0 Å². The lowest BCUT2D eigenvalue weighted by Crippen LogP contribution is -2.04. The van der Waals surface area contributed by atoms with Crippen molar-refractivity contribution in [2.45, 2.75) is 13.1 Å². The van der Waals surface area contributed by atoms with Crippen LogP contribution in [0.1, 0.15) is 21.7 Å². The number of furan rings is 1. The van der Waals surface area contributed by atoms with Crippen molar-refractivity contribution in [3.63, 3.8) is 0 Å². The Kier molecular flexibility index (Phi) is 2.80. The van der Waals surface area contributed by atoms with E-state index in [0.29, 0.717) is 5.56 Å². The summed E-state index contributed by atoms with van der Waals surface area (Å²) in [6.45, 7) is 1.51. The highest BCUT2D eigenvalue weighted by atomic mass is 19.4. The third-order valence-corrected chi connectivity index (χ3v) is 2.63. The molecule has 0 radical (unpaired) electrons. The van der Waals surface area contributed by atoms with Crippen LogP contribution in [0.15, 0.2) is 22.6 Å². The summed E-state index contributed by atoms with van der Waals surface area (Å²) in [4.78, 5) is 11.3. The lowest BCUT2D eigenvalue weighted by atomic mass is 10.1. The fraction of sp³-hybridized carbons (Fsp3) is 0.250. The van der Waals surface area contributed by atoms with E-state index in [-0.39, 0.29) is 16.7 Å². The van der Waals surface area contributed by atoms with Gasteiger partial charge in [-0.2, -0.15) is 13.2 Å². The number of methoxy groups -OCH3 is 1. The van der Waals surface area contributed by atoms with E-state index in [0.717, 1.165) is 12.1 Å². The van der Waals surface area contributed by atoms with Gasteiger partial charge in [-0.15, -0.1) is 0 Å². The highest BCUT2D eigenvalue weighted by molar-refractivity contribution is 5.96. The molecule has 0 bridgehead atoms. The summed E-state index contributed by atoms with van der Waals surface area (Å²) < 4.78 is 47.3. The summed E-state index contributed by atoms with van der Waals surface area (Å²) in [5, 5.41) is 0.255. The first-order valence-electron chi connectivity index (χ1n) is 5.03. The predicted octanol–water partition coefficient (Wildman–Crippen LogP) is 3.55. The van der Waals surface area contributed by atoms with E-state index in [1.54, 1.807) is 0 Å². The Hall–Kier alpha value is -1.98. The number of fused-ring (bicyclic) bond motifs is 1. The van der Waals surface area contributed by atoms with Gasteiger partial charge in [-0.05, 0) is 25.1 Å². The van der Waals surface area contributed by atoms with Gasteiger partial charge in [-0.1, -0.05) is 0 Å². The SMILES string of the molecule is COC(=O)c1oc2ccc(C(F)(F)F)cc2c1C. The molecule has 0 N–H and O–H groups in total. The van der Waals surface area contributed by atoms with E-state index in [4.69, 9.17) is 4.42 Å². The summed E-state index contributed by atoms with van der Waals surface area (Å²) in [5.74, 6) is -0.788. The van der Waals surface area contributed by atoms with Crippen molar-refractivity contribution >= 4 is 16.9 Å². The smallest absolute Gasteiger partial charge is 0.416 e. The molecule has 1 aromatic carbocycles. The van der Waals surface area contributed by atoms with Gasteiger partial charge >= 0.3 is 12.1 Å². The Bertz CT molecular complexity index is 611. The maximum absolute atomic E-state index is 12.6. The van der Waals surface area contributed by atoms with E-state index >= 15 is 0 Å². The van der Waals surface area contributed by atoms with Crippen LogP contribution < -0.4 is 0 Å². The molecule has 0 saturated heterocycles. The van der Waals surface area contributed by atoms with Crippen molar-refractivity contribution in [3.8, 4) is 0 Å². The number of carbonyl (C=O) groups excluding carboxylic acids is 1. The molecule has 0 fully saturated rings. The van der Waals surface area contributed by atoms with Crippen LogP contribution in [0.4, 0.5) is 13.2 Å². The van der Waals surface area contributed by atoms with E-state index in [1.807, 2.05) is 0 Å². The van der Waals surface area contributed by atoms with Crippen LogP contribution in [0.5, 0.6) is 0 Å². The Morgan fingerprint density at radius 1 is 1.33 bits per heavy atom. The summed E-state index contributed by atoms with van der Waals surface area (Å²) in [5.41, 5.74) is -0.223. The molecule has 0 unspecified atom stereocenters. The molecule has 0 aliphatic carbocycles. The molecule has 0 spiro atoms. The molecule has 18 heavy (non-hydrogen) atoms. The second-order valence-corrected chi connectivity index (χ2v) is 3.76. The van der Waals surface area contributed by atoms with Gasteiger partial charge in [0.25, 0.3) is 0 Å². The van der Waals surface area contributed by atoms with Gasteiger partial charge < -0.3 is 9.15 Å². The molecule has 0 atom stereocenters. The largest absolute Gasteiger partial charge is 0.463 e. The quantitative estimate of drug-likeness (QED) is 0.734. The van der Waals surface area contributed by atoms with E-state index < -0.39 is 17.7 Å². The van der Waals surface area contributed by atoms with Crippen molar-refractivity contribution in [1.82, 2.24) is 0 Å². The van der Waals surface area contributed by atoms with Gasteiger partial charge in [-0.25, -0.2) is 4.79 Å². The average Bonchev–Trinajstić information content (AvgIpc) is 2.64. The first kappa shape index (κ1) is 12.5. The molecular formula is C12H9F3O3. The summed E-state index contributed by atoms with van der Waals surface area (Å²) in [6.07, 6.45) is -4.43. The first-order valence-corrected chi connectivity index (χ1v) is 5.03. The molecule has 0 amide bonds. The topological polar surface area (TPSA) is 39.4 Å². The molecule has 0 saturated carbocycles. The number of aryl methyl sites for hydroxylation is 1. The number of esters is 1. The molecule has 96 valence electrons. The summed E-state index contributed by atoms with van der Waals surface area (Å²) in [7, 11) is 1.18. The minimum atomic E-state index is -4.43. The van der Waals surface area contributed by atoms with Crippen LogP contribution in [0.3, 0.4) is 0 Å². The molecule has 1 aromatic heterocycles. The molecular weight excluding hydrogens is 249 g/mol. The fourth-order valence-electron chi connectivity index (χ4n) is 1.68. The van der Waals surface area contributed by atoms with Crippen molar-refractivity contribution < 1.29 is 27.1 Å². The lowest BCUT2D eigenvalue weighted by molar-refractivity contribution is -0.137. The Balaban J connectivity index is 2.64. The first-order chi connectivity index (χ1) is 8.34. The van der Waals surface area contributed by atoms with Gasteiger partial charge in [0.1, 0.15) is 5.58 Å². The van der Waals surface area contributed by atoms with Gasteiger partial charge in [-0.3, -0.25) is 0 Å². The fourth-order valence-corrected chi connectivity index (χ4v) is 1.68. The third-order valence-electron chi connectivity index (χ3n) is 2.63. The van der Waals surface area contributed by atoms with Gasteiger partial charge in [0.05, 0.1) is 12.7 Å². The zero-order chi connectivity index (χ0) is 13.5. The van der Waals surface area contributed by atoms with Crippen LogP contribution in [0.2, 0.25) is 0 Å². The van der Waals surface area contributed by atoms with Crippen LogP contribution >= 0.6 is 0 Å². The zero-order valence-electron chi connectivity index (χ0n) is 9.59. The van der Waals surface area contributed by atoms with Crippen molar-refractivity contribution in [1.29, 1.82) is 0 Å². The minimum Gasteiger partial charge on any atom is -0.463 e. The molecule has 2 rings (SSSR count). The maximum atomic E-state index is 12.6. The number of halogens is 3. The van der Waals surface area contributed by atoms with Crippen LogP contribution in [0, 0.1) is 6.92 Å². The molecule has 6 heteroatoms. The predicted molar refractivity (Wildman–Crippen MR) is 57.3 cm³/mol. The van der Waals surface area contributed by atoms with E-state index in [1.165, 1.54) is 20.1 Å². The van der Waals surface area contributed by atoms with Crippen LogP contribution in [-0.4, -0.2) is 13.1 Å². The van der Waals surface area contributed by atoms with Gasteiger partial charge in [0, 0.05) is 10.9 Å². The molecule has 1 heterocycles. The Morgan fingerprint density at radius 2 is 2.00 bits per heavy atom. The number of alkyl halides is 3. The maximum Gasteiger partial charge on any atom is 0.416 e. The second-order valence-electron chi connectivity index (χ2n) is 3.76. The molecule has 0 aliphatic rings. The van der Waals surface area contributed by atoms with Gasteiger partial charge in [0.15, 0.2) is 0 Å². The third kappa shape index (κ3) is 1.94. The number of hydrogen-bond acceptors (Lipinski definition) is 3. The second kappa shape index (κ2) is 4.04. The highest BCUT2D eigenvalue weighted by Gasteiger charge is 2.31. The number of ether oxygens (including phenoxy) is 1. The number of rotatable bonds is 1. The summed E-state index contributed by atoms with van der Waals surface area (Å²) in [6, 6.07) is 3.06. The van der Waals surface area contributed by atoms with Crippen LogP contribution in [0.25, 0.3) is 11.0 Å². The van der Waals surface area contributed by atoms with Gasteiger partial charge in [0.2, 0.25) is 5.76 Å². The lowest BCUT2D eigenvalue weighted by Gasteiger charge is -2.05. The Morgan fingerprint density at radius 3 is 2.56 bits per heavy atom. The number of carbonyl (C=O) groups is 1. The molecule has 0 aliphatic heterocycles. The van der Waals surface area contributed by atoms with Crippen molar-refractivity contribution in [2.24, 2.45) is 0 Å². The van der Waals surface area contributed by atoms with Crippen LogP contribution in [-0.2, 0) is 10.9 Å². The Labute approximate surface area is 100 Å². The molecule has 3 nitrogen and oxygen atoms in total. The number of benzene rings is 1. The standard InChI is InChI=1S/C12H9F3O3/c1-6-8-5-7(12(13,14)15)3-4-9(8)18-10(6)11(16)17-2/h3-5H,1-2H3. The van der Waals surface area contributed by atoms with E-state index in [2.05, 4.69) is 4.74 Å². The summed E-state index contributed by atoms with van der Waals surface area (Å²) >= 11 is 0. The van der Waals surface area contributed by atoms with Crippen molar-refractivity contribution in [3.05, 3.63) is 35.1 Å². The molecule has 2 aromatic rings. The average molecular weight is 258 g/mol.